The smallest absolute Gasteiger partial charge is 0.247 e. The van der Waals surface area contributed by atoms with Crippen LogP contribution in [0.25, 0.3) is 11.2 Å². The number of nitrogens with zero attached hydrogens (tertiary/aromatic N) is 4. The number of aryl methyl sites for hydroxylation is 1. The summed E-state index contributed by atoms with van der Waals surface area (Å²) in [7, 11) is 1.86. The molecule has 0 aromatic carbocycles. The highest BCUT2D eigenvalue weighted by Gasteiger charge is 2.15. The molecule has 0 amide bonds. The van der Waals surface area contributed by atoms with Gasteiger partial charge in [0.25, 0.3) is 0 Å². The minimum atomic E-state index is -0.0792. The lowest BCUT2D eigenvalue weighted by Gasteiger charge is -2.16. The lowest BCUT2D eigenvalue weighted by molar-refractivity contribution is 0.249. The minimum Gasteiger partial charge on any atom is -0.468 e. The van der Waals surface area contributed by atoms with E-state index in [2.05, 4.69) is 28.8 Å². The highest BCUT2D eigenvalue weighted by Crippen LogP contribution is 2.24. The number of allylic oxidation sites excluding steroid dienone is 1. The second-order valence-corrected chi connectivity index (χ2v) is 4.86. The third-order valence-electron chi connectivity index (χ3n) is 3.23. The molecule has 2 aromatic rings. The van der Waals surface area contributed by atoms with E-state index in [1.807, 2.05) is 20.9 Å². The Hall–Kier alpha value is -2.11. The van der Waals surface area contributed by atoms with E-state index in [4.69, 9.17) is 10.5 Å². The van der Waals surface area contributed by atoms with Gasteiger partial charge in [0.1, 0.15) is 6.10 Å². The van der Waals surface area contributed by atoms with Gasteiger partial charge in [0.15, 0.2) is 11.2 Å². The zero-order valence-electron chi connectivity index (χ0n) is 11.9. The Labute approximate surface area is 112 Å². The van der Waals surface area contributed by atoms with Crippen LogP contribution in [-0.2, 0) is 7.05 Å². The zero-order valence-corrected chi connectivity index (χ0v) is 11.9. The molecule has 0 radical (unpaired) electrons. The maximum atomic E-state index is 5.88. The van der Waals surface area contributed by atoms with Gasteiger partial charge in [-0.1, -0.05) is 5.57 Å². The maximum Gasteiger partial charge on any atom is 0.247 e. The lowest BCUT2D eigenvalue weighted by Crippen LogP contribution is -2.16. The molecule has 2 heterocycles. The normalized spacial score (nSPS) is 12.5. The standard InChI is InChI=1S/C13H19N5O/c1-7(2)8(3)9(4)19-12-10-11(16-13(14)17-12)18(5)6-15-10/h6,9H,1-5H3,(H2,14,16,17). The SMILES string of the molecule is CC(C)=C(C)C(C)Oc1nc(N)nc2c1ncn2C. The van der Waals surface area contributed by atoms with Crippen molar-refractivity contribution in [1.82, 2.24) is 19.5 Å². The van der Waals surface area contributed by atoms with E-state index in [9.17, 15) is 0 Å². The number of nitrogens with two attached hydrogens (primary N) is 1. The molecule has 2 aromatic heterocycles. The molecular formula is C13H19N5O. The van der Waals surface area contributed by atoms with Gasteiger partial charge in [-0.3, -0.25) is 0 Å². The van der Waals surface area contributed by atoms with E-state index in [1.54, 1.807) is 10.9 Å². The second kappa shape index (κ2) is 4.87. The van der Waals surface area contributed by atoms with Gasteiger partial charge < -0.3 is 15.0 Å². The number of rotatable bonds is 3. The van der Waals surface area contributed by atoms with Crippen LogP contribution in [0.5, 0.6) is 5.88 Å². The van der Waals surface area contributed by atoms with Gasteiger partial charge in [0.2, 0.25) is 11.8 Å². The van der Waals surface area contributed by atoms with Crippen LogP contribution in [0.1, 0.15) is 27.7 Å². The van der Waals surface area contributed by atoms with Gasteiger partial charge in [-0.2, -0.15) is 9.97 Å². The third-order valence-corrected chi connectivity index (χ3v) is 3.23. The van der Waals surface area contributed by atoms with Crippen molar-refractivity contribution in [3.8, 4) is 5.88 Å². The van der Waals surface area contributed by atoms with Crippen molar-refractivity contribution in [2.24, 2.45) is 7.05 Å². The molecule has 0 aliphatic rings. The molecule has 2 rings (SSSR count). The number of hydrogen-bond acceptors (Lipinski definition) is 5. The number of ether oxygens (including phenoxy) is 1. The largest absolute Gasteiger partial charge is 0.468 e. The van der Waals surface area contributed by atoms with Gasteiger partial charge in [0, 0.05) is 7.05 Å². The van der Waals surface area contributed by atoms with Crippen molar-refractivity contribution in [2.45, 2.75) is 33.8 Å². The Balaban J connectivity index is 2.43. The van der Waals surface area contributed by atoms with Crippen LogP contribution in [0.4, 0.5) is 5.95 Å². The quantitative estimate of drug-likeness (QED) is 0.856. The summed E-state index contributed by atoms with van der Waals surface area (Å²) in [6, 6.07) is 0. The molecule has 1 unspecified atom stereocenters. The molecule has 0 fully saturated rings. The zero-order chi connectivity index (χ0) is 14.2. The Morgan fingerprint density at radius 1 is 1.32 bits per heavy atom. The number of anilines is 1. The number of fused-ring (bicyclic) bond motifs is 1. The molecule has 2 N–H and O–H groups in total. The summed E-state index contributed by atoms with van der Waals surface area (Å²) in [5.74, 6) is 0.615. The van der Waals surface area contributed by atoms with E-state index in [0.29, 0.717) is 17.0 Å². The highest BCUT2D eigenvalue weighted by molar-refractivity contribution is 5.77. The predicted molar refractivity (Wildman–Crippen MR) is 74.9 cm³/mol. The molecule has 0 spiro atoms. The van der Waals surface area contributed by atoms with E-state index in [0.717, 1.165) is 0 Å². The molecule has 0 saturated heterocycles. The molecule has 6 nitrogen and oxygen atoms in total. The average Bonchev–Trinajstić information content (AvgIpc) is 2.70. The number of aromatic nitrogens is 4. The fourth-order valence-corrected chi connectivity index (χ4v) is 1.74. The van der Waals surface area contributed by atoms with Gasteiger partial charge in [0.05, 0.1) is 6.33 Å². The van der Waals surface area contributed by atoms with Gasteiger partial charge in [-0.25, -0.2) is 4.98 Å². The first-order valence-corrected chi connectivity index (χ1v) is 6.15. The summed E-state index contributed by atoms with van der Waals surface area (Å²) >= 11 is 0. The van der Waals surface area contributed by atoms with Crippen molar-refractivity contribution in [1.29, 1.82) is 0 Å². The first kappa shape index (κ1) is 13.3. The lowest BCUT2D eigenvalue weighted by atomic mass is 10.1. The predicted octanol–water partition coefficient (Wildman–Crippen LogP) is 2.07. The van der Waals surface area contributed by atoms with E-state index in [-0.39, 0.29) is 12.1 Å². The minimum absolute atomic E-state index is 0.0792. The average molecular weight is 261 g/mol. The van der Waals surface area contributed by atoms with Crippen molar-refractivity contribution in [2.75, 3.05) is 5.73 Å². The second-order valence-electron chi connectivity index (χ2n) is 4.86. The van der Waals surface area contributed by atoms with Crippen LogP contribution in [0.15, 0.2) is 17.5 Å². The van der Waals surface area contributed by atoms with E-state index in [1.165, 1.54) is 11.1 Å². The van der Waals surface area contributed by atoms with Crippen LogP contribution in [0.3, 0.4) is 0 Å². The van der Waals surface area contributed by atoms with Gasteiger partial charge >= 0.3 is 0 Å². The van der Waals surface area contributed by atoms with E-state index >= 15 is 0 Å². The van der Waals surface area contributed by atoms with Crippen molar-refractivity contribution in [3.05, 3.63) is 17.5 Å². The Kier molecular flexibility index (Phi) is 3.42. The Bertz CT molecular complexity index is 640. The monoisotopic (exact) mass is 261 g/mol. The van der Waals surface area contributed by atoms with E-state index < -0.39 is 0 Å². The van der Waals surface area contributed by atoms with Crippen molar-refractivity contribution < 1.29 is 4.74 Å². The van der Waals surface area contributed by atoms with Crippen LogP contribution in [-0.4, -0.2) is 25.6 Å². The Morgan fingerprint density at radius 2 is 2.00 bits per heavy atom. The topological polar surface area (TPSA) is 78.8 Å². The van der Waals surface area contributed by atoms with Crippen LogP contribution < -0.4 is 10.5 Å². The summed E-state index contributed by atoms with van der Waals surface area (Å²) in [5.41, 5.74) is 9.41. The summed E-state index contributed by atoms with van der Waals surface area (Å²) in [6.07, 6.45) is 1.59. The molecule has 0 bridgehead atoms. The van der Waals surface area contributed by atoms with Crippen LogP contribution in [0, 0.1) is 0 Å². The molecule has 19 heavy (non-hydrogen) atoms. The number of hydrogen-bond donors (Lipinski definition) is 1. The van der Waals surface area contributed by atoms with Gasteiger partial charge in [-0.15, -0.1) is 0 Å². The first-order chi connectivity index (χ1) is 8.90. The summed E-state index contributed by atoms with van der Waals surface area (Å²) in [5, 5.41) is 0. The highest BCUT2D eigenvalue weighted by atomic mass is 16.5. The molecule has 0 aliphatic carbocycles. The number of imidazole rings is 1. The van der Waals surface area contributed by atoms with Crippen LogP contribution >= 0.6 is 0 Å². The first-order valence-electron chi connectivity index (χ1n) is 6.15. The van der Waals surface area contributed by atoms with Crippen LogP contribution in [0.2, 0.25) is 0 Å². The molecular weight excluding hydrogens is 242 g/mol. The van der Waals surface area contributed by atoms with Crippen molar-refractivity contribution >= 4 is 17.1 Å². The fourth-order valence-electron chi connectivity index (χ4n) is 1.74. The summed E-state index contributed by atoms with van der Waals surface area (Å²) in [4.78, 5) is 12.6. The van der Waals surface area contributed by atoms with Gasteiger partial charge in [-0.05, 0) is 33.3 Å². The number of nitrogen functional groups attached to an aromatic ring is 1. The molecule has 0 saturated carbocycles. The summed E-state index contributed by atoms with van der Waals surface area (Å²) in [6.45, 7) is 8.13. The molecule has 6 heteroatoms. The fraction of sp³-hybridized carbons (Fsp3) is 0.462. The molecule has 102 valence electrons. The molecule has 0 aliphatic heterocycles. The maximum absolute atomic E-state index is 5.88. The van der Waals surface area contributed by atoms with Crippen molar-refractivity contribution in [3.63, 3.8) is 0 Å². The molecule has 1 atom stereocenters. The summed E-state index contributed by atoms with van der Waals surface area (Å²) < 4.78 is 7.67. The third kappa shape index (κ3) is 2.52. The Morgan fingerprint density at radius 3 is 2.63 bits per heavy atom.